The molecule has 1 aliphatic heterocycles. The SMILES string of the molecule is C[C@H](NC(=O)C1CCN(c2ccccc2[N+](=O)[O-])CC1)c1ccco1. The first kappa shape index (κ1) is 17.0. The van der Waals surface area contributed by atoms with Gasteiger partial charge >= 0.3 is 0 Å². The van der Waals surface area contributed by atoms with Crippen molar-refractivity contribution in [1.82, 2.24) is 5.32 Å². The fourth-order valence-electron chi connectivity index (χ4n) is 3.21. The van der Waals surface area contributed by atoms with E-state index in [0.29, 0.717) is 31.6 Å². The van der Waals surface area contributed by atoms with E-state index in [1.54, 1.807) is 30.5 Å². The van der Waals surface area contributed by atoms with Crippen molar-refractivity contribution in [2.24, 2.45) is 5.92 Å². The molecule has 25 heavy (non-hydrogen) atoms. The second-order valence-corrected chi connectivity index (χ2v) is 6.25. The zero-order valence-corrected chi connectivity index (χ0v) is 14.1. The van der Waals surface area contributed by atoms with Crippen LogP contribution in [0.5, 0.6) is 0 Å². The number of hydrogen-bond donors (Lipinski definition) is 1. The molecule has 0 spiro atoms. The molecule has 0 saturated carbocycles. The van der Waals surface area contributed by atoms with Crippen LogP contribution in [0.3, 0.4) is 0 Å². The zero-order chi connectivity index (χ0) is 17.8. The van der Waals surface area contributed by atoms with Crippen molar-refractivity contribution in [3.05, 3.63) is 58.5 Å². The fraction of sp³-hybridized carbons (Fsp3) is 0.389. The Kier molecular flexibility index (Phi) is 5.02. The van der Waals surface area contributed by atoms with Crippen LogP contribution >= 0.6 is 0 Å². The lowest BCUT2D eigenvalue weighted by molar-refractivity contribution is -0.384. The molecule has 1 amide bonds. The Morgan fingerprint density at radius 2 is 2.00 bits per heavy atom. The predicted octanol–water partition coefficient (Wildman–Crippen LogP) is 3.28. The summed E-state index contributed by atoms with van der Waals surface area (Å²) in [5.41, 5.74) is 0.729. The van der Waals surface area contributed by atoms with Crippen LogP contribution in [0.1, 0.15) is 31.6 Å². The molecule has 0 bridgehead atoms. The molecular weight excluding hydrogens is 322 g/mol. The Morgan fingerprint density at radius 3 is 2.64 bits per heavy atom. The molecule has 0 radical (unpaired) electrons. The molecule has 1 N–H and O–H groups in total. The highest BCUT2D eigenvalue weighted by atomic mass is 16.6. The van der Waals surface area contributed by atoms with E-state index in [9.17, 15) is 14.9 Å². The molecule has 2 aromatic rings. The molecule has 1 aromatic heterocycles. The molecule has 7 nitrogen and oxygen atoms in total. The minimum atomic E-state index is -0.362. The fourth-order valence-corrected chi connectivity index (χ4v) is 3.21. The summed E-state index contributed by atoms with van der Waals surface area (Å²) in [6, 6.07) is 10.2. The van der Waals surface area contributed by atoms with Crippen LogP contribution < -0.4 is 10.2 Å². The summed E-state index contributed by atoms with van der Waals surface area (Å²) in [4.78, 5) is 25.2. The molecule has 2 heterocycles. The molecule has 1 fully saturated rings. The highest BCUT2D eigenvalue weighted by molar-refractivity contribution is 5.79. The summed E-state index contributed by atoms with van der Waals surface area (Å²) in [7, 11) is 0. The lowest BCUT2D eigenvalue weighted by Gasteiger charge is -2.33. The zero-order valence-electron chi connectivity index (χ0n) is 14.1. The largest absolute Gasteiger partial charge is 0.467 e. The number of furan rings is 1. The van der Waals surface area contributed by atoms with Gasteiger partial charge in [0.25, 0.3) is 5.69 Å². The average molecular weight is 343 g/mol. The smallest absolute Gasteiger partial charge is 0.292 e. The highest BCUT2D eigenvalue weighted by Gasteiger charge is 2.28. The van der Waals surface area contributed by atoms with Crippen LogP contribution in [0, 0.1) is 16.0 Å². The Bertz CT molecular complexity index is 737. The van der Waals surface area contributed by atoms with Gasteiger partial charge in [-0.2, -0.15) is 0 Å². The summed E-state index contributed by atoms with van der Waals surface area (Å²) in [5, 5.41) is 14.2. The van der Waals surface area contributed by atoms with E-state index in [4.69, 9.17) is 4.42 Å². The number of nitro benzene ring substituents is 1. The number of carbonyl (C=O) groups is 1. The molecule has 132 valence electrons. The first-order valence-electron chi connectivity index (χ1n) is 8.38. The lowest BCUT2D eigenvalue weighted by Crippen LogP contribution is -2.41. The second-order valence-electron chi connectivity index (χ2n) is 6.25. The van der Waals surface area contributed by atoms with Gasteiger partial charge in [-0.05, 0) is 38.0 Å². The molecule has 1 aliphatic rings. The predicted molar refractivity (Wildman–Crippen MR) is 93.3 cm³/mol. The van der Waals surface area contributed by atoms with Gasteiger partial charge in [-0.25, -0.2) is 0 Å². The number of rotatable bonds is 5. The summed E-state index contributed by atoms with van der Waals surface area (Å²) in [6.07, 6.45) is 2.93. The van der Waals surface area contributed by atoms with Crippen molar-refractivity contribution >= 4 is 17.3 Å². The Morgan fingerprint density at radius 1 is 1.28 bits per heavy atom. The number of nitrogens with one attached hydrogen (secondary N) is 1. The van der Waals surface area contributed by atoms with Gasteiger partial charge in [0, 0.05) is 25.1 Å². The number of para-hydroxylation sites is 2. The summed E-state index contributed by atoms with van der Waals surface area (Å²) in [6.45, 7) is 3.13. The van der Waals surface area contributed by atoms with Gasteiger partial charge in [0.1, 0.15) is 11.4 Å². The molecule has 1 atom stereocenters. The molecule has 0 aliphatic carbocycles. The normalized spacial score (nSPS) is 16.4. The quantitative estimate of drug-likeness (QED) is 0.665. The monoisotopic (exact) mass is 343 g/mol. The number of piperidine rings is 1. The topological polar surface area (TPSA) is 88.6 Å². The van der Waals surface area contributed by atoms with Crippen LogP contribution in [-0.4, -0.2) is 23.9 Å². The van der Waals surface area contributed by atoms with E-state index < -0.39 is 0 Å². The van der Waals surface area contributed by atoms with Crippen molar-refractivity contribution in [2.75, 3.05) is 18.0 Å². The minimum absolute atomic E-state index is 0.00566. The van der Waals surface area contributed by atoms with Gasteiger partial charge in [-0.1, -0.05) is 12.1 Å². The van der Waals surface area contributed by atoms with Crippen molar-refractivity contribution in [2.45, 2.75) is 25.8 Å². The Hall–Kier alpha value is -2.83. The molecule has 1 saturated heterocycles. The van der Waals surface area contributed by atoms with E-state index in [2.05, 4.69) is 5.32 Å². The lowest BCUT2D eigenvalue weighted by atomic mass is 9.95. The van der Waals surface area contributed by atoms with E-state index in [1.165, 1.54) is 6.07 Å². The van der Waals surface area contributed by atoms with Gasteiger partial charge in [-0.3, -0.25) is 14.9 Å². The number of benzene rings is 1. The summed E-state index contributed by atoms with van der Waals surface area (Å²) < 4.78 is 5.31. The van der Waals surface area contributed by atoms with Gasteiger partial charge in [0.05, 0.1) is 17.2 Å². The van der Waals surface area contributed by atoms with Crippen molar-refractivity contribution < 1.29 is 14.1 Å². The van der Waals surface area contributed by atoms with Crippen molar-refractivity contribution in [1.29, 1.82) is 0 Å². The maximum atomic E-state index is 12.4. The third kappa shape index (κ3) is 3.81. The van der Waals surface area contributed by atoms with E-state index in [-0.39, 0.29) is 28.5 Å². The summed E-state index contributed by atoms with van der Waals surface area (Å²) in [5.74, 6) is 0.647. The first-order valence-corrected chi connectivity index (χ1v) is 8.38. The summed E-state index contributed by atoms with van der Waals surface area (Å²) >= 11 is 0. The Labute approximate surface area is 145 Å². The van der Waals surface area contributed by atoms with Crippen LogP contribution in [0.2, 0.25) is 0 Å². The highest BCUT2D eigenvalue weighted by Crippen LogP contribution is 2.31. The third-order valence-corrected chi connectivity index (χ3v) is 4.61. The maximum absolute atomic E-state index is 12.4. The number of nitro groups is 1. The number of carbonyl (C=O) groups excluding carboxylic acids is 1. The third-order valence-electron chi connectivity index (χ3n) is 4.61. The first-order chi connectivity index (χ1) is 12.1. The van der Waals surface area contributed by atoms with Crippen LogP contribution in [0.25, 0.3) is 0 Å². The number of anilines is 1. The number of amides is 1. The molecular formula is C18H21N3O4. The number of nitrogens with zero attached hydrogens (tertiary/aromatic N) is 2. The van der Waals surface area contributed by atoms with E-state index >= 15 is 0 Å². The molecule has 1 aromatic carbocycles. The van der Waals surface area contributed by atoms with Gasteiger partial charge in [0.15, 0.2) is 0 Å². The van der Waals surface area contributed by atoms with Crippen LogP contribution in [0.15, 0.2) is 47.1 Å². The van der Waals surface area contributed by atoms with Crippen molar-refractivity contribution in [3.63, 3.8) is 0 Å². The van der Waals surface area contributed by atoms with Crippen molar-refractivity contribution in [3.8, 4) is 0 Å². The van der Waals surface area contributed by atoms with Gasteiger partial charge in [-0.15, -0.1) is 0 Å². The minimum Gasteiger partial charge on any atom is -0.467 e. The van der Waals surface area contributed by atoms with Crippen LogP contribution in [0.4, 0.5) is 11.4 Å². The van der Waals surface area contributed by atoms with E-state index in [0.717, 1.165) is 5.76 Å². The molecule has 7 heteroatoms. The van der Waals surface area contributed by atoms with Gasteiger partial charge in [0.2, 0.25) is 5.91 Å². The number of hydrogen-bond acceptors (Lipinski definition) is 5. The van der Waals surface area contributed by atoms with Gasteiger partial charge < -0.3 is 14.6 Å². The van der Waals surface area contributed by atoms with Crippen LogP contribution in [-0.2, 0) is 4.79 Å². The Balaban J connectivity index is 1.59. The molecule has 0 unspecified atom stereocenters. The second kappa shape index (κ2) is 7.38. The maximum Gasteiger partial charge on any atom is 0.292 e. The molecule has 3 rings (SSSR count). The average Bonchev–Trinajstić information content (AvgIpc) is 3.16. The van der Waals surface area contributed by atoms with E-state index in [1.807, 2.05) is 17.9 Å². The standard InChI is InChI=1S/C18H21N3O4/c1-13(17-7-4-12-25-17)19-18(22)14-8-10-20(11-9-14)15-5-2-3-6-16(15)21(23)24/h2-7,12-14H,8-11H2,1H3,(H,19,22)/t13-/m0/s1.